The molecule has 0 radical (unpaired) electrons. The predicted molar refractivity (Wildman–Crippen MR) is 114 cm³/mol. The fourth-order valence-electron chi connectivity index (χ4n) is 6.07. The van der Waals surface area contributed by atoms with E-state index < -0.39 is 0 Å². The highest BCUT2D eigenvalue weighted by Gasteiger charge is 2.52. The average molecular weight is 399 g/mol. The zero-order chi connectivity index (χ0) is 21.4. The van der Waals surface area contributed by atoms with Gasteiger partial charge in [-0.25, -0.2) is 0 Å². The minimum atomic E-state index is -0.362. The van der Waals surface area contributed by atoms with Crippen LogP contribution in [0.2, 0.25) is 0 Å². The number of esters is 2. The van der Waals surface area contributed by atoms with Crippen molar-refractivity contribution in [1.29, 1.82) is 0 Å². The third-order valence-electron chi connectivity index (χ3n) is 7.29. The minimum absolute atomic E-state index is 0.169. The summed E-state index contributed by atoms with van der Waals surface area (Å²) in [6.45, 7) is 14.5. The van der Waals surface area contributed by atoms with Crippen LogP contribution in [0, 0.1) is 22.7 Å². The summed E-state index contributed by atoms with van der Waals surface area (Å²) < 4.78 is 10.8. The van der Waals surface area contributed by atoms with E-state index in [1.54, 1.807) is 12.1 Å². The van der Waals surface area contributed by atoms with Gasteiger partial charge in [0.2, 0.25) is 0 Å². The van der Waals surface area contributed by atoms with Crippen molar-refractivity contribution in [2.24, 2.45) is 22.7 Å². The van der Waals surface area contributed by atoms with Crippen LogP contribution in [0.1, 0.15) is 72.3 Å². The van der Waals surface area contributed by atoms with Gasteiger partial charge in [0, 0.05) is 13.8 Å². The van der Waals surface area contributed by atoms with Gasteiger partial charge in [-0.2, -0.15) is 0 Å². The van der Waals surface area contributed by atoms with Crippen molar-refractivity contribution in [3.63, 3.8) is 0 Å². The number of carbonyl (C=O) groups is 2. The summed E-state index contributed by atoms with van der Waals surface area (Å²) in [7, 11) is 0. The van der Waals surface area contributed by atoms with Crippen molar-refractivity contribution in [1.82, 2.24) is 0 Å². The summed E-state index contributed by atoms with van der Waals surface area (Å²) >= 11 is 0. The van der Waals surface area contributed by atoms with Crippen molar-refractivity contribution in [3.05, 3.63) is 35.9 Å². The molecule has 4 heteroatoms. The van der Waals surface area contributed by atoms with E-state index in [4.69, 9.17) is 9.47 Å². The van der Waals surface area contributed by atoms with Crippen LogP contribution in [0.15, 0.2) is 30.4 Å². The van der Waals surface area contributed by atoms with Crippen molar-refractivity contribution < 1.29 is 19.1 Å². The molecule has 0 heterocycles. The molecule has 0 N–H and O–H groups in total. The van der Waals surface area contributed by atoms with Crippen LogP contribution in [-0.4, -0.2) is 11.9 Å². The average Bonchev–Trinajstić information content (AvgIpc) is 2.58. The SMILES string of the molecule is C=C1CC[C@@H]2C(C)(C)CCC[C@@]2(C)[C@@H]1Cc1cc(OC(C)=O)ccc1OC(C)=O. The first-order chi connectivity index (χ1) is 13.5. The van der Waals surface area contributed by atoms with Gasteiger partial charge in [-0.15, -0.1) is 0 Å². The number of allylic oxidation sites excluding steroid dienone is 1. The first-order valence-corrected chi connectivity index (χ1v) is 10.7. The fraction of sp³-hybridized carbons (Fsp3) is 0.600. The second kappa shape index (κ2) is 7.97. The van der Waals surface area contributed by atoms with Crippen LogP contribution in [0.25, 0.3) is 0 Å². The van der Waals surface area contributed by atoms with Crippen molar-refractivity contribution in [2.75, 3.05) is 0 Å². The molecule has 0 saturated heterocycles. The summed E-state index contributed by atoms with van der Waals surface area (Å²) in [5.41, 5.74) is 2.68. The van der Waals surface area contributed by atoms with E-state index in [1.165, 1.54) is 45.1 Å². The summed E-state index contributed by atoms with van der Waals surface area (Å²) in [4.78, 5) is 23.1. The van der Waals surface area contributed by atoms with Gasteiger partial charge in [0.25, 0.3) is 0 Å². The topological polar surface area (TPSA) is 52.6 Å². The van der Waals surface area contributed by atoms with Gasteiger partial charge in [0.05, 0.1) is 0 Å². The molecule has 29 heavy (non-hydrogen) atoms. The van der Waals surface area contributed by atoms with Gasteiger partial charge in [0.15, 0.2) is 0 Å². The second-order valence-electron chi connectivity index (χ2n) is 9.81. The van der Waals surface area contributed by atoms with Gasteiger partial charge in [-0.3, -0.25) is 9.59 Å². The third kappa shape index (κ3) is 4.41. The molecule has 0 unspecified atom stereocenters. The Morgan fingerprint density at radius 2 is 1.79 bits per heavy atom. The van der Waals surface area contributed by atoms with Crippen molar-refractivity contribution in [2.45, 2.75) is 73.1 Å². The maximum atomic E-state index is 11.6. The van der Waals surface area contributed by atoms with Gasteiger partial charge < -0.3 is 9.47 Å². The Balaban J connectivity index is 1.98. The highest BCUT2D eigenvalue weighted by Crippen LogP contribution is 2.61. The van der Waals surface area contributed by atoms with E-state index in [2.05, 4.69) is 27.4 Å². The molecule has 4 nitrogen and oxygen atoms in total. The van der Waals surface area contributed by atoms with Gasteiger partial charge in [-0.05, 0) is 78.5 Å². The third-order valence-corrected chi connectivity index (χ3v) is 7.29. The first kappa shape index (κ1) is 21.6. The van der Waals surface area contributed by atoms with Crippen molar-refractivity contribution in [3.8, 4) is 11.5 Å². The van der Waals surface area contributed by atoms with Gasteiger partial charge >= 0.3 is 11.9 Å². The fourth-order valence-corrected chi connectivity index (χ4v) is 6.07. The Labute approximate surface area is 174 Å². The molecule has 0 bridgehead atoms. The molecule has 2 aliphatic rings. The highest BCUT2D eigenvalue weighted by molar-refractivity contribution is 5.71. The predicted octanol–water partition coefficient (Wildman–Crippen LogP) is 5.88. The Kier molecular flexibility index (Phi) is 5.93. The molecule has 1 aromatic rings. The molecular weight excluding hydrogens is 364 g/mol. The van der Waals surface area contributed by atoms with Crippen molar-refractivity contribution >= 4 is 11.9 Å². The minimum Gasteiger partial charge on any atom is -0.427 e. The normalized spacial score (nSPS) is 28.4. The zero-order valence-corrected chi connectivity index (χ0v) is 18.5. The molecule has 2 saturated carbocycles. The summed E-state index contributed by atoms with van der Waals surface area (Å²) in [6, 6.07) is 5.24. The Hall–Kier alpha value is -2.10. The van der Waals surface area contributed by atoms with Crippen LogP contribution < -0.4 is 9.47 Å². The van der Waals surface area contributed by atoms with Crippen LogP contribution in [0.3, 0.4) is 0 Å². The first-order valence-electron chi connectivity index (χ1n) is 10.7. The summed E-state index contributed by atoms with van der Waals surface area (Å²) in [5.74, 6) is 1.27. The highest BCUT2D eigenvalue weighted by atomic mass is 16.5. The molecular formula is C25H34O4. The van der Waals surface area contributed by atoms with Crippen LogP contribution in [-0.2, 0) is 16.0 Å². The molecule has 0 aromatic heterocycles. The summed E-state index contributed by atoms with van der Waals surface area (Å²) in [6.07, 6.45) is 6.67. The molecule has 0 amide bonds. The molecule has 0 spiro atoms. The number of ether oxygens (including phenoxy) is 2. The van der Waals surface area contributed by atoms with E-state index >= 15 is 0 Å². The van der Waals surface area contributed by atoms with Crippen LogP contribution in [0.4, 0.5) is 0 Å². The number of fused-ring (bicyclic) bond motifs is 1. The Bertz CT molecular complexity index is 822. The lowest BCUT2D eigenvalue weighted by molar-refractivity contribution is -0.133. The lowest BCUT2D eigenvalue weighted by Crippen LogP contribution is -2.50. The monoisotopic (exact) mass is 398 g/mol. The van der Waals surface area contributed by atoms with Crippen LogP contribution in [0.5, 0.6) is 11.5 Å². The van der Waals surface area contributed by atoms with E-state index in [9.17, 15) is 9.59 Å². The standard InChI is InChI=1S/C25H34O4/c1-16-8-11-23-24(4,5)12-7-13-25(23,6)21(16)15-19-14-20(28-17(2)26)9-10-22(19)29-18(3)27/h9-10,14,21,23H,1,7-8,11-13,15H2,2-6H3/t21-,23-,25+/m1/s1. The molecule has 2 fully saturated rings. The molecule has 1 aromatic carbocycles. The largest absolute Gasteiger partial charge is 0.427 e. The lowest BCUT2D eigenvalue weighted by atomic mass is 9.47. The number of rotatable bonds is 4. The van der Waals surface area contributed by atoms with Gasteiger partial charge in [0.1, 0.15) is 11.5 Å². The molecule has 3 rings (SSSR count). The smallest absolute Gasteiger partial charge is 0.308 e. The van der Waals surface area contributed by atoms with Gasteiger partial charge in [-0.1, -0.05) is 39.3 Å². The quantitative estimate of drug-likeness (QED) is 0.361. The molecule has 0 aliphatic heterocycles. The number of benzene rings is 1. The van der Waals surface area contributed by atoms with E-state index in [0.717, 1.165) is 18.4 Å². The van der Waals surface area contributed by atoms with E-state index in [-0.39, 0.29) is 17.4 Å². The molecule has 3 atom stereocenters. The second-order valence-corrected chi connectivity index (χ2v) is 9.81. The Morgan fingerprint density at radius 3 is 2.45 bits per heavy atom. The molecule has 2 aliphatic carbocycles. The number of hydrogen-bond acceptors (Lipinski definition) is 4. The van der Waals surface area contributed by atoms with E-state index in [1.807, 2.05) is 6.07 Å². The Morgan fingerprint density at radius 1 is 1.10 bits per heavy atom. The zero-order valence-electron chi connectivity index (χ0n) is 18.5. The maximum absolute atomic E-state index is 11.6. The maximum Gasteiger partial charge on any atom is 0.308 e. The molecule has 158 valence electrons. The van der Waals surface area contributed by atoms with Crippen LogP contribution >= 0.6 is 0 Å². The lowest BCUT2D eigenvalue weighted by Gasteiger charge is -2.58. The summed E-state index contributed by atoms with van der Waals surface area (Å²) in [5, 5.41) is 0. The number of carbonyl (C=O) groups excluding carboxylic acids is 2. The van der Waals surface area contributed by atoms with E-state index in [0.29, 0.717) is 28.7 Å². The number of hydrogen-bond donors (Lipinski definition) is 0.